The Morgan fingerprint density at radius 1 is 1.22 bits per heavy atom. The number of likely N-dealkylation sites (N-methyl/N-ethyl adjacent to an activating group) is 1. The van der Waals surface area contributed by atoms with Gasteiger partial charge in [-0.15, -0.1) is 10.2 Å². The monoisotopic (exact) mass is 319 g/mol. The van der Waals surface area contributed by atoms with Crippen molar-refractivity contribution in [1.82, 2.24) is 24.6 Å². The van der Waals surface area contributed by atoms with Gasteiger partial charge in [0.15, 0.2) is 0 Å². The molecular formula is C17H29N5O. The quantitative estimate of drug-likeness (QED) is 0.789. The first-order chi connectivity index (χ1) is 11.2. The lowest BCUT2D eigenvalue weighted by atomic mass is 10.1. The number of hydrogen-bond donors (Lipinski definition) is 0. The minimum absolute atomic E-state index is 0.637. The summed E-state index contributed by atoms with van der Waals surface area (Å²) in [7, 11) is 4.36. The van der Waals surface area contributed by atoms with Gasteiger partial charge in [-0.05, 0) is 45.2 Å². The maximum Gasteiger partial charge on any atom is 0.146 e. The number of aromatic nitrogens is 3. The van der Waals surface area contributed by atoms with Crippen LogP contribution in [0.25, 0.3) is 0 Å². The molecule has 6 heteroatoms. The highest BCUT2D eigenvalue weighted by Crippen LogP contribution is 2.38. The van der Waals surface area contributed by atoms with Crippen LogP contribution in [0.4, 0.5) is 0 Å². The zero-order valence-corrected chi connectivity index (χ0v) is 14.4. The first kappa shape index (κ1) is 15.5. The number of ether oxygens (including phenoxy) is 1. The van der Waals surface area contributed by atoms with Crippen LogP contribution in [0, 0.1) is 5.92 Å². The Morgan fingerprint density at radius 2 is 2.09 bits per heavy atom. The minimum Gasteiger partial charge on any atom is -0.381 e. The molecule has 0 bridgehead atoms. The maximum absolute atomic E-state index is 5.51. The molecule has 0 radical (unpaired) electrons. The molecule has 1 aromatic heterocycles. The zero-order chi connectivity index (χ0) is 15.8. The van der Waals surface area contributed by atoms with Gasteiger partial charge in [-0.2, -0.15) is 0 Å². The number of likely N-dealkylation sites (tertiary alicyclic amines) is 1. The SMILES string of the molecule is CN(Cc1nnc(C2CC2)n1C)[C@@H]1CCN(C[C@H]2CCOC2)C1. The molecule has 3 fully saturated rings. The minimum atomic E-state index is 0.637. The van der Waals surface area contributed by atoms with Gasteiger partial charge in [0.25, 0.3) is 0 Å². The topological polar surface area (TPSA) is 46.4 Å². The van der Waals surface area contributed by atoms with E-state index in [0.29, 0.717) is 12.0 Å². The van der Waals surface area contributed by atoms with Crippen molar-refractivity contribution in [2.24, 2.45) is 13.0 Å². The molecule has 1 aromatic rings. The fraction of sp³-hybridized carbons (Fsp3) is 0.882. The molecule has 2 atom stereocenters. The Hall–Kier alpha value is -0.980. The molecule has 0 spiro atoms. The van der Waals surface area contributed by atoms with Crippen LogP contribution in [0.15, 0.2) is 0 Å². The Kier molecular flexibility index (Phi) is 4.39. The lowest BCUT2D eigenvalue weighted by Gasteiger charge is -2.25. The second-order valence-corrected chi connectivity index (χ2v) is 7.65. The van der Waals surface area contributed by atoms with E-state index in [9.17, 15) is 0 Å². The van der Waals surface area contributed by atoms with Gasteiger partial charge >= 0.3 is 0 Å². The standard InChI is InChI=1S/C17H29N5O/c1-20(11-16-18-19-17(21(16)2)14-3-4-14)15-5-7-22(10-15)9-13-6-8-23-12-13/h13-15H,3-12H2,1-2H3/t13-,15-/m1/s1. The van der Waals surface area contributed by atoms with Crippen molar-refractivity contribution in [2.45, 2.75) is 44.2 Å². The van der Waals surface area contributed by atoms with Crippen molar-refractivity contribution in [3.8, 4) is 0 Å². The van der Waals surface area contributed by atoms with Gasteiger partial charge in [0.1, 0.15) is 11.6 Å². The Balaban J connectivity index is 1.30. The molecule has 1 aliphatic carbocycles. The molecule has 23 heavy (non-hydrogen) atoms. The molecule has 3 heterocycles. The third kappa shape index (κ3) is 3.44. The third-order valence-electron chi connectivity index (χ3n) is 5.74. The maximum atomic E-state index is 5.51. The van der Waals surface area contributed by atoms with Crippen molar-refractivity contribution < 1.29 is 4.74 Å². The Bertz CT molecular complexity index is 535. The van der Waals surface area contributed by atoms with Gasteiger partial charge in [0, 0.05) is 38.7 Å². The van der Waals surface area contributed by atoms with Crippen LogP contribution in [-0.2, 0) is 18.3 Å². The summed E-state index contributed by atoms with van der Waals surface area (Å²) in [6.07, 6.45) is 5.06. The predicted octanol–water partition coefficient (Wildman–Crippen LogP) is 1.24. The lowest BCUT2D eigenvalue weighted by molar-refractivity contribution is 0.168. The number of nitrogens with zero attached hydrogens (tertiary/aromatic N) is 5. The summed E-state index contributed by atoms with van der Waals surface area (Å²) < 4.78 is 7.72. The second kappa shape index (κ2) is 6.49. The molecule has 0 aromatic carbocycles. The molecule has 3 aliphatic rings. The molecule has 2 aliphatic heterocycles. The van der Waals surface area contributed by atoms with Crippen molar-refractivity contribution in [2.75, 3.05) is 39.9 Å². The number of hydrogen-bond acceptors (Lipinski definition) is 5. The van der Waals surface area contributed by atoms with E-state index in [0.717, 1.165) is 31.5 Å². The van der Waals surface area contributed by atoms with Gasteiger partial charge in [-0.25, -0.2) is 0 Å². The van der Waals surface area contributed by atoms with Crippen molar-refractivity contribution in [3.63, 3.8) is 0 Å². The molecule has 4 rings (SSSR count). The number of rotatable bonds is 6. The van der Waals surface area contributed by atoms with E-state index in [4.69, 9.17) is 4.74 Å². The summed E-state index contributed by atoms with van der Waals surface area (Å²) >= 11 is 0. The first-order valence-electron chi connectivity index (χ1n) is 9.09. The second-order valence-electron chi connectivity index (χ2n) is 7.65. The van der Waals surface area contributed by atoms with E-state index in [1.54, 1.807) is 0 Å². The highest BCUT2D eigenvalue weighted by molar-refractivity contribution is 5.07. The van der Waals surface area contributed by atoms with Crippen molar-refractivity contribution in [1.29, 1.82) is 0 Å². The largest absolute Gasteiger partial charge is 0.381 e. The molecule has 0 amide bonds. The van der Waals surface area contributed by atoms with E-state index in [-0.39, 0.29) is 0 Å². The normalized spacial score (nSPS) is 29.0. The van der Waals surface area contributed by atoms with Gasteiger partial charge in [0.05, 0.1) is 13.2 Å². The van der Waals surface area contributed by atoms with Crippen LogP contribution < -0.4 is 0 Å². The summed E-state index contributed by atoms with van der Waals surface area (Å²) in [6, 6.07) is 0.637. The molecule has 1 saturated carbocycles. The van der Waals surface area contributed by atoms with E-state index < -0.39 is 0 Å². The smallest absolute Gasteiger partial charge is 0.146 e. The Labute approximate surface area is 138 Å². The first-order valence-corrected chi connectivity index (χ1v) is 9.09. The summed E-state index contributed by atoms with van der Waals surface area (Å²) in [6.45, 7) is 6.43. The molecule has 128 valence electrons. The van der Waals surface area contributed by atoms with Gasteiger partial charge in [0.2, 0.25) is 0 Å². The summed E-state index contributed by atoms with van der Waals surface area (Å²) in [4.78, 5) is 5.08. The molecule has 0 unspecified atom stereocenters. The van der Waals surface area contributed by atoms with Crippen LogP contribution in [0.3, 0.4) is 0 Å². The van der Waals surface area contributed by atoms with Gasteiger partial charge in [-0.1, -0.05) is 0 Å². The van der Waals surface area contributed by atoms with Crippen LogP contribution in [0.2, 0.25) is 0 Å². The van der Waals surface area contributed by atoms with E-state index in [2.05, 4.69) is 38.7 Å². The van der Waals surface area contributed by atoms with Gasteiger partial charge < -0.3 is 14.2 Å². The molecule has 6 nitrogen and oxygen atoms in total. The van der Waals surface area contributed by atoms with E-state index in [1.807, 2.05) is 0 Å². The molecule has 0 N–H and O–H groups in total. The molecule has 2 saturated heterocycles. The summed E-state index contributed by atoms with van der Waals surface area (Å²) in [5.41, 5.74) is 0. The average molecular weight is 319 g/mol. The average Bonchev–Trinajstić information content (AvgIpc) is 2.94. The Morgan fingerprint density at radius 3 is 2.83 bits per heavy atom. The summed E-state index contributed by atoms with van der Waals surface area (Å²) in [5, 5.41) is 8.83. The van der Waals surface area contributed by atoms with Crippen molar-refractivity contribution in [3.05, 3.63) is 11.6 Å². The summed E-state index contributed by atoms with van der Waals surface area (Å²) in [5.74, 6) is 3.71. The van der Waals surface area contributed by atoms with Gasteiger partial charge in [-0.3, -0.25) is 4.90 Å². The fourth-order valence-electron chi connectivity index (χ4n) is 3.99. The van der Waals surface area contributed by atoms with Crippen LogP contribution >= 0.6 is 0 Å². The van der Waals surface area contributed by atoms with Crippen LogP contribution in [-0.4, -0.2) is 70.5 Å². The van der Waals surface area contributed by atoms with Crippen molar-refractivity contribution >= 4 is 0 Å². The molecular weight excluding hydrogens is 290 g/mol. The van der Waals surface area contributed by atoms with Crippen LogP contribution in [0.5, 0.6) is 0 Å². The third-order valence-corrected chi connectivity index (χ3v) is 5.74. The lowest BCUT2D eigenvalue weighted by Crippen LogP contribution is -2.36. The van der Waals surface area contributed by atoms with E-state index >= 15 is 0 Å². The fourth-order valence-corrected chi connectivity index (χ4v) is 3.99. The van der Waals surface area contributed by atoms with Crippen LogP contribution in [0.1, 0.15) is 43.3 Å². The van der Waals surface area contributed by atoms with E-state index in [1.165, 1.54) is 51.1 Å². The predicted molar refractivity (Wildman–Crippen MR) is 88.2 cm³/mol. The zero-order valence-electron chi connectivity index (χ0n) is 14.4. The highest BCUT2D eigenvalue weighted by Gasteiger charge is 2.31. The highest BCUT2D eigenvalue weighted by atomic mass is 16.5.